The van der Waals surface area contributed by atoms with Gasteiger partial charge in [-0.1, -0.05) is 72.3 Å². The molecule has 32 heavy (non-hydrogen) atoms. The van der Waals surface area contributed by atoms with Crippen LogP contribution in [0.2, 0.25) is 5.02 Å². The molecule has 3 aromatic rings. The molecule has 0 aromatic heterocycles. The lowest BCUT2D eigenvalue weighted by molar-refractivity contribution is -0.384. The second-order valence-corrected chi connectivity index (χ2v) is 7.96. The minimum Gasteiger partial charge on any atom is -0.323 e. The molecule has 0 bridgehead atoms. The summed E-state index contributed by atoms with van der Waals surface area (Å²) in [4.78, 5) is 25.7. The van der Waals surface area contributed by atoms with E-state index in [9.17, 15) is 14.9 Å². The van der Waals surface area contributed by atoms with Gasteiger partial charge in [-0.05, 0) is 31.3 Å². The van der Waals surface area contributed by atoms with Gasteiger partial charge in [-0.2, -0.15) is 0 Å². The Morgan fingerprint density at radius 3 is 2.12 bits per heavy atom. The van der Waals surface area contributed by atoms with Crippen LogP contribution in [0.3, 0.4) is 0 Å². The van der Waals surface area contributed by atoms with Crippen molar-refractivity contribution in [1.29, 1.82) is 0 Å². The van der Waals surface area contributed by atoms with Gasteiger partial charge in [0.05, 0.1) is 15.6 Å². The zero-order valence-corrected chi connectivity index (χ0v) is 18.6. The third-order valence-corrected chi connectivity index (χ3v) is 5.45. The van der Waals surface area contributed by atoms with Crippen molar-refractivity contribution in [3.8, 4) is 0 Å². The SMILES string of the molecule is CN(C)[C@@H](CN[C@@H](C(=O)Nc1ccc([N+](=O)[O-])cc1Cl)c1ccccc1)c1ccccc1. The van der Waals surface area contributed by atoms with E-state index in [1.165, 1.54) is 18.2 Å². The Balaban J connectivity index is 1.82. The first kappa shape index (κ1) is 23.4. The Kier molecular flexibility index (Phi) is 7.94. The highest BCUT2D eigenvalue weighted by Gasteiger charge is 2.24. The van der Waals surface area contributed by atoms with Gasteiger partial charge in [0.2, 0.25) is 5.91 Å². The first-order chi connectivity index (χ1) is 15.4. The molecular formula is C24H25ClN4O3. The largest absolute Gasteiger partial charge is 0.323 e. The summed E-state index contributed by atoms with van der Waals surface area (Å²) in [7, 11) is 3.99. The van der Waals surface area contributed by atoms with E-state index in [-0.39, 0.29) is 22.7 Å². The summed E-state index contributed by atoms with van der Waals surface area (Å²) < 4.78 is 0. The van der Waals surface area contributed by atoms with Crippen molar-refractivity contribution < 1.29 is 9.72 Å². The molecule has 0 radical (unpaired) electrons. The lowest BCUT2D eigenvalue weighted by Crippen LogP contribution is -2.38. The van der Waals surface area contributed by atoms with Crippen LogP contribution in [0.4, 0.5) is 11.4 Å². The Hall–Kier alpha value is -3.26. The molecule has 0 fully saturated rings. The van der Waals surface area contributed by atoms with Crippen molar-refractivity contribution in [2.75, 3.05) is 26.0 Å². The highest BCUT2D eigenvalue weighted by atomic mass is 35.5. The standard InChI is InChI=1S/C24H25ClN4O3/c1-28(2)22(17-9-5-3-6-10-17)16-26-23(18-11-7-4-8-12-18)24(30)27-21-14-13-19(29(31)32)15-20(21)25/h3-15,22-23,26H,16H2,1-2H3,(H,27,30)/t22-,23+/m0/s1. The van der Waals surface area contributed by atoms with E-state index in [2.05, 4.69) is 27.7 Å². The predicted octanol–water partition coefficient (Wildman–Crippen LogP) is 4.82. The van der Waals surface area contributed by atoms with E-state index in [1.807, 2.05) is 62.6 Å². The van der Waals surface area contributed by atoms with E-state index in [0.29, 0.717) is 12.2 Å². The monoisotopic (exact) mass is 452 g/mol. The van der Waals surface area contributed by atoms with E-state index >= 15 is 0 Å². The molecular weight excluding hydrogens is 428 g/mol. The van der Waals surface area contributed by atoms with Crippen LogP contribution in [-0.4, -0.2) is 36.4 Å². The minimum absolute atomic E-state index is 0.0539. The maximum Gasteiger partial charge on any atom is 0.271 e. The summed E-state index contributed by atoms with van der Waals surface area (Å²) in [6, 6.07) is 22.8. The highest BCUT2D eigenvalue weighted by molar-refractivity contribution is 6.34. The molecule has 0 unspecified atom stereocenters. The first-order valence-electron chi connectivity index (χ1n) is 10.1. The fourth-order valence-electron chi connectivity index (χ4n) is 3.43. The van der Waals surface area contributed by atoms with E-state index in [1.54, 1.807) is 0 Å². The van der Waals surface area contributed by atoms with Crippen LogP contribution in [-0.2, 0) is 4.79 Å². The number of rotatable bonds is 9. The Labute approximate surface area is 192 Å². The molecule has 7 nitrogen and oxygen atoms in total. The zero-order chi connectivity index (χ0) is 23.1. The quantitative estimate of drug-likeness (QED) is 0.359. The van der Waals surface area contributed by atoms with Crippen molar-refractivity contribution in [2.45, 2.75) is 12.1 Å². The average Bonchev–Trinajstić information content (AvgIpc) is 2.78. The number of benzene rings is 3. The van der Waals surface area contributed by atoms with Crippen LogP contribution in [0, 0.1) is 10.1 Å². The van der Waals surface area contributed by atoms with Gasteiger partial charge in [-0.15, -0.1) is 0 Å². The zero-order valence-electron chi connectivity index (χ0n) is 17.9. The fraction of sp³-hybridized carbons (Fsp3) is 0.208. The molecule has 1 amide bonds. The van der Waals surface area contributed by atoms with Gasteiger partial charge in [0.15, 0.2) is 0 Å². The second-order valence-electron chi connectivity index (χ2n) is 7.55. The number of nitrogens with one attached hydrogen (secondary N) is 2. The summed E-state index contributed by atoms with van der Waals surface area (Å²) in [5, 5.41) is 17.2. The molecule has 0 heterocycles. The molecule has 2 N–H and O–H groups in total. The number of carbonyl (C=O) groups is 1. The van der Waals surface area contributed by atoms with E-state index in [0.717, 1.165) is 11.1 Å². The summed E-state index contributed by atoms with van der Waals surface area (Å²) in [6.07, 6.45) is 0. The average molecular weight is 453 g/mol. The Morgan fingerprint density at radius 1 is 1.00 bits per heavy atom. The summed E-state index contributed by atoms with van der Waals surface area (Å²) in [5.41, 5.74) is 2.11. The maximum absolute atomic E-state index is 13.2. The molecule has 0 saturated carbocycles. The summed E-state index contributed by atoms with van der Waals surface area (Å²) in [5.74, 6) is -0.308. The van der Waals surface area contributed by atoms with Crippen molar-refractivity contribution >= 4 is 28.9 Å². The minimum atomic E-state index is -0.645. The number of anilines is 1. The van der Waals surface area contributed by atoms with Crippen molar-refractivity contribution in [1.82, 2.24) is 10.2 Å². The molecule has 166 valence electrons. The molecule has 2 atom stereocenters. The van der Waals surface area contributed by atoms with Gasteiger partial charge in [-0.3, -0.25) is 14.9 Å². The predicted molar refractivity (Wildman–Crippen MR) is 127 cm³/mol. The van der Waals surface area contributed by atoms with Crippen molar-refractivity contribution in [3.63, 3.8) is 0 Å². The lowest BCUT2D eigenvalue weighted by Gasteiger charge is -2.28. The molecule has 8 heteroatoms. The Bertz CT molecular complexity index is 1060. The molecule has 0 saturated heterocycles. The molecule has 0 spiro atoms. The number of hydrogen-bond acceptors (Lipinski definition) is 5. The van der Waals surface area contributed by atoms with Gasteiger partial charge in [0, 0.05) is 24.7 Å². The van der Waals surface area contributed by atoms with E-state index < -0.39 is 11.0 Å². The first-order valence-corrected chi connectivity index (χ1v) is 10.5. The topological polar surface area (TPSA) is 87.5 Å². The lowest BCUT2D eigenvalue weighted by atomic mass is 10.0. The van der Waals surface area contributed by atoms with Crippen LogP contribution < -0.4 is 10.6 Å². The van der Waals surface area contributed by atoms with Crippen LogP contribution in [0.15, 0.2) is 78.9 Å². The number of amides is 1. The van der Waals surface area contributed by atoms with Gasteiger partial charge < -0.3 is 15.5 Å². The van der Waals surface area contributed by atoms with Crippen molar-refractivity contribution in [3.05, 3.63) is 105 Å². The van der Waals surface area contributed by atoms with E-state index in [4.69, 9.17) is 11.6 Å². The van der Waals surface area contributed by atoms with Crippen LogP contribution >= 0.6 is 11.6 Å². The summed E-state index contributed by atoms with van der Waals surface area (Å²) >= 11 is 6.17. The Morgan fingerprint density at radius 2 is 1.59 bits per heavy atom. The third kappa shape index (κ3) is 5.91. The smallest absolute Gasteiger partial charge is 0.271 e. The fourth-order valence-corrected chi connectivity index (χ4v) is 3.66. The van der Waals surface area contributed by atoms with Crippen LogP contribution in [0.5, 0.6) is 0 Å². The molecule has 3 rings (SSSR count). The normalized spacial score (nSPS) is 12.9. The molecule has 0 aliphatic rings. The number of nitro benzene ring substituents is 1. The number of non-ortho nitro benzene ring substituents is 1. The van der Waals surface area contributed by atoms with Crippen LogP contribution in [0.25, 0.3) is 0 Å². The highest BCUT2D eigenvalue weighted by Crippen LogP contribution is 2.28. The number of halogens is 1. The van der Waals surface area contributed by atoms with Crippen LogP contribution in [0.1, 0.15) is 23.2 Å². The third-order valence-electron chi connectivity index (χ3n) is 5.14. The second kappa shape index (κ2) is 10.9. The number of carbonyl (C=O) groups excluding carboxylic acids is 1. The number of nitro groups is 1. The molecule has 0 aliphatic carbocycles. The summed E-state index contributed by atoms with van der Waals surface area (Å²) in [6.45, 7) is 0.526. The molecule has 0 aliphatic heterocycles. The molecule has 3 aromatic carbocycles. The van der Waals surface area contributed by atoms with Gasteiger partial charge >= 0.3 is 0 Å². The number of likely N-dealkylation sites (N-methyl/N-ethyl adjacent to an activating group) is 1. The number of nitrogens with zero attached hydrogens (tertiary/aromatic N) is 2. The van der Waals surface area contributed by atoms with Crippen molar-refractivity contribution in [2.24, 2.45) is 0 Å². The van der Waals surface area contributed by atoms with Gasteiger partial charge in [0.25, 0.3) is 5.69 Å². The van der Waals surface area contributed by atoms with Gasteiger partial charge in [0.1, 0.15) is 6.04 Å². The number of hydrogen-bond donors (Lipinski definition) is 2. The maximum atomic E-state index is 13.2. The van der Waals surface area contributed by atoms with Gasteiger partial charge in [-0.25, -0.2) is 0 Å².